The van der Waals surface area contributed by atoms with Gasteiger partial charge in [0.25, 0.3) is 0 Å². The van der Waals surface area contributed by atoms with E-state index < -0.39 is 0 Å². The molecule has 0 atom stereocenters. The summed E-state index contributed by atoms with van der Waals surface area (Å²) < 4.78 is 4.53. The predicted octanol–water partition coefficient (Wildman–Crippen LogP) is 1.76. The molecular formula is C9H10ClNO2. The Bertz CT molecular complexity index is 325. The van der Waals surface area contributed by atoms with Gasteiger partial charge in [-0.25, -0.2) is 0 Å². The average Bonchev–Trinajstić information content (AvgIpc) is 2.09. The number of carbonyl (C=O) groups excluding carboxylic acids is 1. The predicted molar refractivity (Wildman–Crippen MR) is 49.7 cm³/mol. The summed E-state index contributed by atoms with van der Waals surface area (Å²) in [5.74, 6) is -0.294. The second-order valence-electron chi connectivity index (χ2n) is 2.67. The molecule has 1 rings (SSSR count). The molecule has 70 valence electrons. The van der Waals surface area contributed by atoms with Crippen molar-refractivity contribution < 1.29 is 9.53 Å². The maximum Gasteiger partial charge on any atom is 0.311 e. The van der Waals surface area contributed by atoms with Crippen LogP contribution in [-0.4, -0.2) is 18.1 Å². The molecule has 0 saturated carbocycles. The summed E-state index contributed by atoms with van der Waals surface area (Å²) in [6.07, 6.45) is 1.71. The van der Waals surface area contributed by atoms with Gasteiger partial charge in [0.15, 0.2) is 0 Å². The molecule has 0 N–H and O–H groups in total. The zero-order valence-corrected chi connectivity index (χ0v) is 8.26. The van der Waals surface area contributed by atoms with Crippen molar-refractivity contribution in [3.05, 3.63) is 28.5 Å². The Hall–Kier alpha value is -1.09. The van der Waals surface area contributed by atoms with E-state index in [2.05, 4.69) is 9.72 Å². The van der Waals surface area contributed by atoms with Crippen LogP contribution in [0.25, 0.3) is 0 Å². The minimum atomic E-state index is -0.294. The Morgan fingerprint density at radius 3 is 2.92 bits per heavy atom. The number of pyridine rings is 1. The highest BCUT2D eigenvalue weighted by atomic mass is 35.5. The number of rotatable bonds is 2. The number of hydrogen-bond donors (Lipinski definition) is 0. The van der Waals surface area contributed by atoms with Gasteiger partial charge in [0.1, 0.15) is 0 Å². The fraction of sp³-hybridized carbons (Fsp3) is 0.333. The number of carbonyl (C=O) groups is 1. The summed E-state index contributed by atoms with van der Waals surface area (Å²) in [5, 5.41) is 0.575. The highest BCUT2D eigenvalue weighted by Gasteiger charge is 2.06. The molecule has 0 unspecified atom stereocenters. The van der Waals surface area contributed by atoms with Crippen molar-refractivity contribution in [3.8, 4) is 0 Å². The van der Waals surface area contributed by atoms with Crippen molar-refractivity contribution >= 4 is 17.6 Å². The van der Waals surface area contributed by atoms with E-state index in [0.29, 0.717) is 10.7 Å². The summed E-state index contributed by atoms with van der Waals surface area (Å²) in [6, 6.07) is 1.77. The summed E-state index contributed by atoms with van der Waals surface area (Å²) >= 11 is 5.71. The van der Waals surface area contributed by atoms with E-state index in [4.69, 9.17) is 11.6 Å². The monoisotopic (exact) mass is 199 g/mol. The van der Waals surface area contributed by atoms with Crippen LogP contribution in [0.4, 0.5) is 0 Å². The van der Waals surface area contributed by atoms with Crippen LogP contribution in [0.15, 0.2) is 12.3 Å². The lowest BCUT2D eigenvalue weighted by atomic mass is 10.2. The second-order valence-corrected chi connectivity index (χ2v) is 3.11. The molecule has 0 aliphatic rings. The molecule has 0 radical (unpaired) electrons. The molecule has 0 aliphatic carbocycles. The summed E-state index contributed by atoms with van der Waals surface area (Å²) in [6.45, 7) is 1.86. The van der Waals surface area contributed by atoms with E-state index in [9.17, 15) is 4.79 Å². The van der Waals surface area contributed by atoms with E-state index in [0.717, 1.165) is 5.56 Å². The van der Waals surface area contributed by atoms with Gasteiger partial charge in [-0.1, -0.05) is 11.6 Å². The number of halogens is 1. The minimum Gasteiger partial charge on any atom is -0.469 e. The number of hydrogen-bond acceptors (Lipinski definition) is 3. The van der Waals surface area contributed by atoms with E-state index in [-0.39, 0.29) is 12.4 Å². The first-order valence-corrected chi connectivity index (χ1v) is 4.19. The highest BCUT2D eigenvalue weighted by Crippen LogP contribution is 2.12. The first-order chi connectivity index (χ1) is 6.13. The zero-order valence-electron chi connectivity index (χ0n) is 7.50. The fourth-order valence-electron chi connectivity index (χ4n) is 0.963. The number of esters is 1. The van der Waals surface area contributed by atoms with Crippen molar-refractivity contribution in [2.24, 2.45) is 0 Å². The number of aryl methyl sites for hydroxylation is 1. The van der Waals surface area contributed by atoms with Crippen LogP contribution in [0.5, 0.6) is 0 Å². The van der Waals surface area contributed by atoms with Gasteiger partial charge in [-0.3, -0.25) is 9.78 Å². The number of nitrogens with zero attached hydrogens (tertiary/aromatic N) is 1. The van der Waals surface area contributed by atoms with Crippen LogP contribution in [0.3, 0.4) is 0 Å². The van der Waals surface area contributed by atoms with Crippen LogP contribution in [0, 0.1) is 6.92 Å². The maximum absolute atomic E-state index is 10.9. The quantitative estimate of drug-likeness (QED) is 0.682. The molecule has 0 fully saturated rings. The van der Waals surface area contributed by atoms with E-state index in [1.54, 1.807) is 6.07 Å². The molecule has 3 nitrogen and oxygen atoms in total. The van der Waals surface area contributed by atoms with Crippen molar-refractivity contribution in [2.75, 3.05) is 7.11 Å². The molecule has 0 saturated heterocycles. The Kier molecular flexibility index (Phi) is 3.25. The largest absolute Gasteiger partial charge is 0.469 e. The average molecular weight is 200 g/mol. The van der Waals surface area contributed by atoms with Crippen molar-refractivity contribution in [2.45, 2.75) is 13.3 Å². The van der Waals surface area contributed by atoms with Gasteiger partial charge in [0.2, 0.25) is 0 Å². The second kappa shape index (κ2) is 4.23. The lowest BCUT2D eigenvalue weighted by Gasteiger charge is -2.03. The molecule has 0 amide bonds. The number of ether oxygens (including phenoxy) is 1. The molecule has 0 aliphatic heterocycles. The van der Waals surface area contributed by atoms with Gasteiger partial charge in [-0.05, 0) is 18.6 Å². The van der Waals surface area contributed by atoms with Crippen LogP contribution in [0.1, 0.15) is 11.3 Å². The third-order valence-electron chi connectivity index (χ3n) is 1.69. The van der Waals surface area contributed by atoms with Crippen LogP contribution in [-0.2, 0) is 16.0 Å². The first kappa shape index (κ1) is 9.99. The molecule has 1 aromatic rings. The normalized spacial score (nSPS) is 9.77. The van der Waals surface area contributed by atoms with Crippen LogP contribution >= 0.6 is 11.6 Å². The first-order valence-electron chi connectivity index (χ1n) is 3.81. The minimum absolute atomic E-state index is 0.194. The lowest BCUT2D eigenvalue weighted by Crippen LogP contribution is -2.07. The van der Waals surface area contributed by atoms with Gasteiger partial charge < -0.3 is 4.74 Å². The van der Waals surface area contributed by atoms with E-state index >= 15 is 0 Å². The van der Waals surface area contributed by atoms with Crippen molar-refractivity contribution in [1.82, 2.24) is 4.98 Å². The topological polar surface area (TPSA) is 39.2 Å². The molecule has 13 heavy (non-hydrogen) atoms. The molecule has 4 heteroatoms. The van der Waals surface area contributed by atoms with Gasteiger partial charge in [-0.2, -0.15) is 0 Å². The summed E-state index contributed by atoms with van der Waals surface area (Å²) in [4.78, 5) is 15.0. The Labute approximate surface area is 81.7 Å². The molecule has 0 aromatic carbocycles. The third-order valence-corrected chi connectivity index (χ3v) is 1.90. The van der Waals surface area contributed by atoms with Gasteiger partial charge in [0.05, 0.1) is 24.2 Å². The smallest absolute Gasteiger partial charge is 0.311 e. The Morgan fingerprint density at radius 2 is 2.38 bits per heavy atom. The molecule has 0 spiro atoms. The zero-order chi connectivity index (χ0) is 9.84. The van der Waals surface area contributed by atoms with E-state index in [1.807, 2.05) is 6.92 Å². The van der Waals surface area contributed by atoms with Gasteiger partial charge in [-0.15, -0.1) is 0 Å². The SMILES string of the molecule is COC(=O)Cc1ncc(Cl)cc1C. The van der Waals surface area contributed by atoms with Gasteiger partial charge >= 0.3 is 5.97 Å². The Balaban J connectivity index is 2.83. The standard InChI is InChI=1S/C9H10ClNO2/c1-6-3-7(10)5-11-8(6)4-9(12)13-2/h3,5H,4H2,1-2H3. The van der Waals surface area contributed by atoms with E-state index in [1.165, 1.54) is 13.3 Å². The van der Waals surface area contributed by atoms with Gasteiger partial charge in [0, 0.05) is 6.20 Å². The molecule has 0 bridgehead atoms. The third kappa shape index (κ3) is 2.70. The molecule has 1 aromatic heterocycles. The van der Waals surface area contributed by atoms with Crippen LogP contribution < -0.4 is 0 Å². The number of methoxy groups -OCH3 is 1. The number of aromatic nitrogens is 1. The van der Waals surface area contributed by atoms with Crippen molar-refractivity contribution in [1.29, 1.82) is 0 Å². The Morgan fingerprint density at radius 1 is 1.69 bits per heavy atom. The lowest BCUT2D eigenvalue weighted by molar-refractivity contribution is -0.139. The fourth-order valence-corrected chi connectivity index (χ4v) is 1.18. The highest BCUT2D eigenvalue weighted by molar-refractivity contribution is 6.30. The van der Waals surface area contributed by atoms with Crippen molar-refractivity contribution in [3.63, 3.8) is 0 Å². The molecule has 1 heterocycles. The summed E-state index contributed by atoms with van der Waals surface area (Å²) in [7, 11) is 1.35. The maximum atomic E-state index is 10.9. The van der Waals surface area contributed by atoms with Crippen LogP contribution in [0.2, 0.25) is 5.02 Å². The molecular weight excluding hydrogens is 190 g/mol. The summed E-state index contributed by atoms with van der Waals surface area (Å²) in [5.41, 5.74) is 1.61.